The van der Waals surface area contributed by atoms with Gasteiger partial charge in [-0.15, -0.1) is 0 Å². The molecule has 0 saturated carbocycles. The van der Waals surface area contributed by atoms with Crippen LogP contribution in [0.5, 0.6) is 0 Å². The lowest BCUT2D eigenvalue weighted by Crippen LogP contribution is -2.64. The highest BCUT2D eigenvalue weighted by molar-refractivity contribution is 5.96. The maximum Gasteiger partial charge on any atom is 0.445 e. The van der Waals surface area contributed by atoms with Gasteiger partial charge in [-0.3, -0.25) is 0 Å². The number of aryl methyl sites for hydroxylation is 1. The molecule has 2 aromatic carbocycles. The molecule has 0 radical (unpaired) electrons. The van der Waals surface area contributed by atoms with Crippen LogP contribution in [-0.4, -0.2) is 23.9 Å². The third-order valence-electron chi connectivity index (χ3n) is 3.81. The molecule has 1 heterocycles. The lowest BCUT2D eigenvalue weighted by molar-refractivity contribution is -0.301. The van der Waals surface area contributed by atoms with Crippen LogP contribution in [0.15, 0.2) is 59.6 Å². The minimum Gasteiger partial charge on any atom is -0.356 e. The molecular formula is C17H12F6N2O. The van der Waals surface area contributed by atoms with E-state index in [-0.39, 0.29) is 10.6 Å². The number of anilines is 1. The Morgan fingerprint density at radius 2 is 1.38 bits per heavy atom. The number of hydrogen-bond donors (Lipinski definition) is 0. The molecule has 138 valence electrons. The number of alkyl halides is 6. The zero-order valence-corrected chi connectivity index (χ0v) is 13.3. The third kappa shape index (κ3) is 2.77. The normalized spacial score (nSPS) is 17.0. The SMILES string of the molecule is Cc1ccc(C2=NC(C(F)(F)F)(C(F)(F)F)N(c3ccccc3)O2)cc1. The van der Waals surface area contributed by atoms with Gasteiger partial charge in [-0.1, -0.05) is 35.9 Å². The van der Waals surface area contributed by atoms with E-state index in [0.717, 1.165) is 17.7 Å². The Balaban J connectivity index is 2.21. The number of para-hydroxylation sites is 1. The highest BCUT2D eigenvalue weighted by atomic mass is 19.4. The van der Waals surface area contributed by atoms with Gasteiger partial charge >= 0.3 is 18.0 Å². The summed E-state index contributed by atoms with van der Waals surface area (Å²) in [5, 5.41) is -0.234. The summed E-state index contributed by atoms with van der Waals surface area (Å²) in [6.07, 6.45) is -11.5. The number of aliphatic imine (C=N–C) groups is 1. The zero-order chi connectivity index (χ0) is 19.2. The number of hydrogen-bond acceptors (Lipinski definition) is 3. The van der Waals surface area contributed by atoms with E-state index in [9.17, 15) is 26.3 Å². The van der Waals surface area contributed by atoms with E-state index in [1.165, 1.54) is 42.5 Å². The summed E-state index contributed by atoms with van der Waals surface area (Å²) in [6.45, 7) is 1.73. The number of nitrogens with zero attached hydrogens (tertiary/aromatic N) is 2. The zero-order valence-electron chi connectivity index (χ0n) is 13.3. The summed E-state index contributed by atoms with van der Waals surface area (Å²) in [5.41, 5.74) is -4.17. The first-order chi connectivity index (χ1) is 12.1. The fraction of sp³-hybridized carbons (Fsp3) is 0.235. The first kappa shape index (κ1) is 18.1. The quantitative estimate of drug-likeness (QED) is 0.690. The lowest BCUT2D eigenvalue weighted by Gasteiger charge is -2.37. The molecule has 0 fully saturated rings. The van der Waals surface area contributed by atoms with Crippen molar-refractivity contribution in [2.75, 3.05) is 5.06 Å². The van der Waals surface area contributed by atoms with Crippen LogP contribution in [0.1, 0.15) is 11.1 Å². The van der Waals surface area contributed by atoms with Gasteiger partial charge in [-0.25, -0.2) is 0 Å². The van der Waals surface area contributed by atoms with E-state index in [1.807, 2.05) is 0 Å². The van der Waals surface area contributed by atoms with Crippen LogP contribution >= 0.6 is 0 Å². The first-order valence-corrected chi connectivity index (χ1v) is 7.40. The molecule has 1 aliphatic rings. The molecule has 0 amide bonds. The number of benzene rings is 2. The second-order valence-electron chi connectivity index (χ2n) is 5.67. The van der Waals surface area contributed by atoms with E-state index < -0.39 is 29.6 Å². The summed E-state index contributed by atoms with van der Waals surface area (Å²) in [7, 11) is 0. The predicted molar refractivity (Wildman–Crippen MR) is 82.6 cm³/mol. The van der Waals surface area contributed by atoms with E-state index in [0.29, 0.717) is 0 Å². The van der Waals surface area contributed by atoms with Crippen molar-refractivity contribution >= 4 is 11.6 Å². The van der Waals surface area contributed by atoms with Crippen LogP contribution in [0, 0.1) is 6.92 Å². The van der Waals surface area contributed by atoms with Gasteiger partial charge in [0.15, 0.2) is 0 Å². The van der Waals surface area contributed by atoms with Crippen molar-refractivity contribution in [2.24, 2.45) is 4.99 Å². The van der Waals surface area contributed by atoms with Gasteiger partial charge in [-0.2, -0.15) is 36.4 Å². The maximum atomic E-state index is 13.7. The summed E-state index contributed by atoms with van der Waals surface area (Å²) < 4.78 is 81.9. The van der Waals surface area contributed by atoms with Crippen molar-refractivity contribution in [3.8, 4) is 0 Å². The van der Waals surface area contributed by atoms with Crippen molar-refractivity contribution in [3.63, 3.8) is 0 Å². The highest BCUT2D eigenvalue weighted by Crippen LogP contribution is 2.52. The molecule has 0 aliphatic carbocycles. The average molecular weight is 374 g/mol. The van der Waals surface area contributed by atoms with Crippen LogP contribution in [0.4, 0.5) is 32.0 Å². The Labute approximate surface area is 144 Å². The van der Waals surface area contributed by atoms with E-state index in [2.05, 4.69) is 4.99 Å². The minimum absolute atomic E-state index is 0.00639. The molecule has 3 nitrogen and oxygen atoms in total. The van der Waals surface area contributed by atoms with Gasteiger partial charge in [0.1, 0.15) is 0 Å². The first-order valence-electron chi connectivity index (χ1n) is 7.40. The van der Waals surface area contributed by atoms with Gasteiger partial charge in [0.05, 0.1) is 5.69 Å². The molecule has 0 unspecified atom stereocenters. The van der Waals surface area contributed by atoms with Crippen LogP contribution < -0.4 is 5.06 Å². The Morgan fingerprint density at radius 3 is 1.88 bits per heavy atom. The third-order valence-corrected chi connectivity index (χ3v) is 3.81. The Kier molecular flexibility index (Phi) is 4.12. The fourth-order valence-electron chi connectivity index (χ4n) is 2.50. The minimum atomic E-state index is -5.77. The van der Waals surface area contributed by atoms with E-state index in [4.69, 9.17) is 4.84 Å². The number of hydroxylamine groups is 1. The van der Waals surface area contributed by atoms with Crippen molar-refractivity contribution in [2.45, 2.75) is 24.9 Å². The van der Waals surface area contributed by atoms with Crippen LogP contribution in [0.25, 0.3) is 0 Å². The van der Waals surface area contributed by atoms with Gasteiger partial charge in [-0.05, 0) is 31.2 Å². The Bertz CT molecular complexity index is 798. The molecule has 3 rings (SSSR count). The molecular weight excluding hydrogens is 362 g/mol. The molecule has 2 aromatic rings. The molecule has 0 saturated heterocycles. The van der Waals surface area contributed by atoms with Crippen LogP contribution in [0.3, 0.4) is 0 Å². The topological polar surface area (TPSA) is 24.8 Å². The molecule has 1 aliphatic heterocycles. The van der Waals surface area contributed by atoms with Gasteiger partial charge in [0.25, 0.3) is 5.90 Å². The smallest absolute Gasteiger partial charge is 0.356 e. The molecule has 0 spiro atoms. The van der Waals surface area contributed by atoms with Crippen molar-refractivity contribution in [1.29, 1.82) is 0 Å². The standard InChI is InChI=1S/C17H12F6N2O/c1-11-7-9-12(10-8-11)14-24-15(16(18,19)20,17(21,22)23)25(26-14)13-5-3-2-4-6-13/h2-10H,1H3. The Hall–Kier alpha value is -2.71. The second-order valence-corrected chi connectivity index (χ2v) is 5.67. The molecule has 0 bridgehead atoms. The highest BCUT2D eigenvalue weighted by Gasteiger charge is 2.79. The average Bonchev–Trinajstić information content (AvgIpc) is 2.98. The summed E-state index contributed by atoms with van der Waals surface area (Å²) in [4.78, 5) is 7.98. The summed E-state index contributed by atoms with van der Waals surface area (Å²) >= 11 is 0. The molecule has 0 aromatic heterocycles. The van der Waals surface area contributed by atoms with E-state index >= 15 is 0 Å². The molecule has 26 heavy (non-hydrogen) atoms. The molecule has 9 heteroatoms. The van der Waals surface area contributed by atoms with Crippen LogP contribution in [-0.2, 0) is 4.84 Å². The van der Waals surface area contributed by atoms with Crippen molar-refractivity contribution in [1.82, 2.24) is 0 Å². The van der Waals surface area contributed by atoms with Crippen molar-refractivity contribution in [3.05, 3.63) is 65.7 Å². The fourth-order valence-corrected chi connectivity index (χ4v) is 2.50. The van der Waals surface area contributed by atoms with Crippen molar-refractivity contribution < 1.29 is 31.2 Å². The van der Waals surface area contributed by atoms with Gasteiger partial charge in [0, 0.05) is 5.56 Å². The molecule has 0 N–H and O–H groups in total. The number of rotatable bonds is 2. The largest absolute Gasteiger partial charge is 0.445 e. The maximum absolute atomic E-state index is 13.7. The van der Waals surface area contributed by atoms with Gasteiger partial charge < -0.3 is 4.84 Å². The lowest BCUT2D eigenvalue weighted by atomic mass is 10.1. The second kappa shape index (κ2) is 5.93. The number of halogens is 6. The van der Waals surface area contributed by atoms with E-state index in [1.54, 1.807) is 6.92 Å². The summed E-state index contributed by atoms with van der Waals surface area (Å²) in [6, 6.07) is 12.0. The monoisotopic (exact) mass is 374 g/mol. The molecule has 0 atom stereocenters. The van der Waals surface area contributed by atoms with Crippen LogP contribution in [0.2, 0.25) is 0 Å². The Morgan fingerprint density at radius 1 is 0.846 bits per heavy atom. The summed E-state index contributed by atoms with van der Waals surface area (Å²) in [5.74, 6) is -0.761. The van der Waals surface area contributed by atoms with Gasteiger partial charge in [0.2, 0.25) is 0 Å². The predicted octanol–water partition coefficient (Wildman–Crippen LogP) is 5.01.